The van der Waals surface area contributed by atoms with Gasteiger partial charge in [-0.15, -0.1) is 0 Å². The van der Waals surface area contributed by atoms with Gasteiger partial charge in [0.05, 0.1) is 23.1 Å². The van der Waals surface area contributed by atoms with Crippen LogP contribution in [0.4, 0.5) is 17.6 Å². The molecule has 1 fully saturated rings. The molecule has 0 radical (unpaired) electrons. The molecule has 1 aliphatic carbocycles. The van der Waals surface area contributed by atoms with E-state index in [4.69, 9.17) is 4.74 Å². The van der Waals surface area contributed by atoms with Crippen LogP contribution in [0.25, 0.3) is 0 Å². The zero-order valence-corrected chi connectivity index (χ0v) is 16.5. The summed E-state index contributed by atoms with van der Waals surface area (Å²) < 4.78 is 63.3. The molecule has 1 aromatic carbocycles. The van der Waals surface area contributed by atoms with E-state index < -0.39 is 63.2 Å². The van der Waals surface area contributed by atoms with Crippen molar-refractivity contribution in [2.24, 2.45) is 17.3 Å². The summed E-state index contributed by atoms with van der Waals surface area (Å²) in [7, 11) is 1.23. The number of allylic oxidation sites excluding steroid dienone is 1. The van der Waals surface area contributed by atoms with Crippen LogP contribution in [0, 0.1) is 40.5 Å². The number of methoxy groups -OCH3 is 1. The summed E-state index contributed by atoms with van der Waals surface area (Å²) in [5.41, 5.74) is -1.27. The largest absolute Gasteiger partial charge is 0.466 e. The van der Waals surface area contributed by atoms with E-state index in [-0.39, 0.29) is 5.92 Å². The average Bonchev–Trinajstić information content (AvgIpc) is 3.17. The Balaban J connectivity index is 2.15. The van der Waals surface area contributed by atoms with Crippen molar-refractivity contribution in [1.29, 1.82) is 0 Å². The van der Waals surface area contributed by atoms with Crippen LogP contribution >= 0.6 is 15.9 Å². The second kappa shape index (κ2) is 7.61. The number of esters is 2. The highest BCUT2D eigenvalue weighted by molar-refractivity contribution is 9.10. The molecule has 0 saturated heterocycles. The maximum atomic E-state index is 13.8. The fourth-order valence-electron chi connectivity index (χ4n) is 2.95. The number of carbonyl (C=O) groups is 2. The van der Waals surface area contributed by atoms with Crippen LogP contribution in [-0.4, -0.2) is 19.0 Å². The van der Waals surface area contributed by atoms with Crippen molar-refractivity contribution in [2.75, 3.05) is 7.11 Å². The lowest BCUT2D eigenvalue weighted by Crippen LogP contribution is -2.13. The third kappa shape index (κ3) is 3.88. The Morgan fingerprint density at radius 3 is 2.11 bits per heavy atom. The smallest absolute Gasteiger partial charge is 0.333 e. The van der Waals surface area contributed by atoms with Crippen molar-refractivity contribution in [3.05, 3.63) is 45.0 Å². The molecular formula is C18H17BrF4O4. The average molecular weight is 453 g/mol. The van der Waals surface area contributed by atoms with Gasteiger partial charge in [0.25, 0.3) is 0 Å². The van der Waals surface area contributed by atoms with Gasteiger partial charge in [-0.1, -0.05) is 19.9 Å². The number of hydrogen-bond acceptors (Lipinski definition) is 4. The topological polar surface area (TPSA) is 52.6 Å². The van der Waals surface area contributed by atoms with Gasteiger partial charge in [0.15, 0.2) is 23.3 Å². The fraction of sp³-hybridized carbons (Fsp3) is 0.444. The summed E-state index contributed by atoms with van der Waals surface area (Å²) in [6, 6.07) is 0. The Morgan fingerprint density at radius 1 is 1.11 bits per heavy atom. The normalized spacial score (nSPS) is 21.0. The zero-order valence-electron chi connectivity index (χ0n) is 15.0. The van der Waals surface area contributed by atoms with Crippen molar-refractivity contribution in [3.63, 3.8) is 0 Å². The first-order chi connectivity index (χ1) is 12.4. The fourth-order valence-corrected chi connectivity index (χ4v) is 3.30. The predicted octanol–water partition coefficient (Wildman–Crippen LogP) is 4.44. The molecule has 4 nitrogen and oxygen atoms in total. The van der Waals surface area contributed by atoms with Gasteiger partial charge >= 0.3 is 11.9 Å². The molecule has 2 rings (SSSR count). The number of halogens is 5. The highest BCUT2D eigenvalue weighted by atomic mass is 79.9. The third-order valence-electron chi connectivity index (χ3n) is 4.76. The molecule has 0 spiro atoms. The van der Waals surface area contributed by atoms with Gasteiger partial charge < -0.3 is 9.47 Å². The SMILES string of the molecule is COC(=O)/C(C)=C/[C@@H]1[C@@H](C(=O)OCc2c(F)c(F)c(Br)c(F)c2F)C1(C)C. The van der Waals surface area contributed by atoms with Crippen LogP contribution in [0.3, 0.4) is 0 Å². The number of hydrogen-bond donors (Lipinski definition) is 0. The summed E-state index contributed by atoms with van der Waals surface area (Å²) >= 11 is 2.41. The van der Waals surface area contributed by atoms with Crippen LogP contribution < -0.4 is 0 Å². The lowest BCUT2D eigenvalue weighted by Gasteiger charge is -2.10. The molecule has 9 heteroatoms. The highest BCUT2D eigenvalue weighted by Gasteiger charge is 2.61. The second-order valence-corrected chi connectivity index (χ2v) is 7.62. The molecule has 1 saturated carbocycles. The molecule has 2 atom stereocenters. The zero-order chi connectivity index (χ0) is 20.7. The molecule has 0 bridgehead atoms. The molecule has 27 heavy (non-hydrogen) atoms. The van der Waals surface area contributed by atoms with Gasteiger partial charge in [0.2, 0.25) is 0 Å². The minimum Gasteiger partial charge on any atom is -0.466 e. The van der Waals surface area contributed by atoms with E-state index in [1.165, 1.54) is 14.0 Å². The Labute approximate surface area is 161 Å². The van der Waals surface area contributed by atoms with Crippen molar-refractivity contribution >= 4 is 27.9 Å². The monoisotopic (exact) mass is 452 g/mol. The maximum absolute atomic E-state index is 13.8. The number of rotatable bonds is 5. The van der Waals surface area contributed by atoms with E-state index in [9.17, 15) is 27.2 Å². The molecule has 148 valence electrons. The molecule has 0 aromatic heterocycles. The Kier molecular flexibility index (Phi) is 6.03. The van der Waals surface area contributed by atoms with Crippen LogP contribution in [0.1, 0.15) is 26.3 Å². The van der Waals surface area contributed by atoms with E-state index in [1.54, 1.807) is 19.9 Å². The highest BCUT2D eigenvalue weighted by Crippen LogP contribution is 2.60. The lowest BCUT2D eigenvalue weighted by molar-refractivity contribution is -0.147. The number of carbonyl (C=O) groups excluding carboxylic acids is 2. The minimum atomic E-state index is -1.64. The summed E-state index contributed by atoms with van der Waals surface area (Å²) in [6.07, 6.45) is 1.57. The van der Waals surface area contributed by atoms with Crippen LogP contribution in [0.15, 0.2) is 16.1 Å². The molecule has 1 aromatic rings. The summed E-state index contributed by atoms with van der Waals surface area (Å²) in [5.74, 6) is -8.85. The van der Waals surface area contributed by atoms with Gasteiger partial charge in [-0.3, -0.25) is 4.79 Å². The van der Waals surface area contributed by atoms with E-state index in [0.717, 1.165) is 0 Å². The van der Waals surface area contributed by atoms with Crippen molar-refractivity contribution in [2.45, 2.75) is 27.4 Å². The molecule has 0 unspecified atom stereocenters. The number of benzene rings is 1. The van der Waals surface area contributed by atoms with Gasteiger partial charge in [-0.05, 0) is 34.2 Å². The van der Waals surface area contributed by atoms with Crippen LogP contribution in [0.5, 0.6) is 0 Å². The van der Waals surface area contributed by atoms with Gasteiger partial charge in [-0.2, -0.15) is 0 Å². The van der Waals surface area contributed by atoms with E-state index in [0.29, 0.717) is 5.57 Å². The third-order valence-corrected chi connectivity index (χ3v) is 5.46. The Hall–Kier alpha value is -1.90. The number of ether oxygens (including phenoxy) is 2. The second-order valence-electron chi connectivity index (χ2n) is 6.82. The van der Waals surface area contributed by atoms with E-state index >= 15 is 0 Å². The first-order valence-corrected chi connectivity index (χ1v) is 8.68. The van der Waals surface area contributed by atoms with Crippen molar-refractivity contribution < 1.29 is 36.6 Å². The van der Waals surface area contributed by atoms with Gasteiger partial charge in [0, 0.05) is 5.57 Å². The summed E-state index contributed by atoms with van der Waals surface area (Å²) in [6.45, 7) is 4.08. The molecular weight excluding hydrogens is 436 g/mol. The predicted molar refractivity (Wildman–Crippen MR) is 90.3 cm³/mol. The molecule has 0 N–H and O–H groups in total. The first-order valence-electron chi connectivity index (χ1n) is 7.88. The quantitative estimate of drug-likeness (QED) is 0.218. The Bertz CT molecular complexity index is 806. The molecule has 1 aliphatic rings. The standard InChI is InChI=1S/C18H17BrF4O4/c1-7(16(24)26-4)5-9-10(18(9,2)3)17(25)27-6-8-12(20)14(22)11(19)15(23)13(8)21/h5,9-10H,6H2,1-4H3/b7-5+/t9-,10+/m1/s1. The summed E-state index contributed by atoms with van der Waals surface area (Å²) in [5, 5.41) is 0. The van der Waals surface area contributed by atoms with Gasteiger partial charge in [0.1, 0.15) is 6.61 Å². The summed E-state index contributed by atoms with van der Waals surface area (Å²) in [4.78, 5) is 23.8. The van der Waals surface area contributed by atoms with E-state index in [1.807, 2.05) is 0 Å². The van der Waals surface area contributed by atoms with Crippen LogP contribution in [-0.2, 0) is 25.7 Å². The maximum Gasteiger partial charge on any atom is 0.333 e. The lowest BCUT2D eigenvalue weighted by atomic mass is 10.1. The molecule has 0 aliphatic heterocycles. The minimum absolute atomic E-state index is 0.306. The Morgan fingerprint density at radius 2 is 1.63 bits per heavy atom. The van der Waals surface area contributed by atoms with E-state index in [2.05, 4.69) is 20.7 Å². The molecule has 0 heterocycles. The van der Waals surface area contributed by atoms with Crippen LogP contribution in [0.2, 0.25) is 0 Å². The van der Waals surface area contributed by atoms with Crippen molar-refractivity contribution in [1.82, 2.24) is 0 Å². The van der Waals surface area contributed by atoms with Crippen molar-refractivity contribution in [3.8, 4) is 0 Å². The molecule has 0 amide bonds. The van der Waals surface area contributed by atoms with Gasteiger partial charge in [-0.25, -0.2) is 22.4 Å². The first kappa shape index (κ1) is 21.4.